The molecule has 20 heteroatoms. The Hall–Kier alpha value is 0.399. The number of carboxylic acids is 6. The van der Waals surface area contributed by atoms with E-state index in [4.69, 9.17) is 0 Å². The number of carbonyl (C=O) groups excluding carboxylic acids is 6. The van der Waals surface area contributed by atoms with Gasteiger partial charge in [0.05, 0.1) is 35.8 Å². The van der Waals surface area contributed by atoms with Crippen molar-refractivity contribution in [2.75, 3.05) is 65.4 Å². The Morgan fingerprint density at radius 2 is 0.694 bits per heavy atom. The van der Waals surface area contributed by atoms with Gasteiger partial charge in [-0.05, 0) is 0 Å². The summed E-state index contributed by atoms with van der Waals surface area (Å²) >= 11 is 0. The van der Waals surface area contributed by atoms with E-state index in [9.17, 15) is 59.4 Å². The van der Waals surface area contributed by atoms with E-state index in [1.165, 1.54) is 0 Å². The summed E-state index contributed by atoms with van der Waals surface area (Å²) < 4.78 is 0. The molecule has 0 aliphatic rings. The first-order valence-electron chi connectivity index (χ1n) is 8.88. The maximum atomic E-state index is 10.2. The molecule has 36 heavy (non-hydrogen) atoms. The minimum Gasteiger partial charge on any atom is -0.549 e. The van der Waals surface area contributed by atoms with E-state index in [1.54, 1.807) is 0 Å². The zero-order valence-corrected chi connectivity index (χ0v) is 26.1. The van der Waals surface area contributed by atoms with Gasteiger partial charge in [-0.1, -0.05) is 0 Å². The summed E-state index contributed by atoms with van der Waals surface area (Å²) in [6.45, 7) is -2.65. The molecule has 0 heterocycles. The van der Waals surface area contributed by atoms with Crippen molar-refractivity contribution in [2.45, 2.75) is 0 Å². The van der Waals surface area contributed by atoms with Crippen LogP contribution in [0.15, 0.2) is 0 Å². The molecule has 0 atom stereocenters. The van der Waals surface area contributed by atoms with Gasteiger partial charge in [0, 0.05) is 65.4 Å². The fourth-order valence-electron chi connectivity index (χ4n) is 2.01. The van der Waals surface area contributed by atoms with Crippen LogP contribution in [0.3, 0.4) is 0 Å². The summed E-state index contributed by atoms with van der Waals surface area (Å²) in [5.74, 6) is -8.26. The molecule has 0 aliphatic carbocycles. The molecule has 0 fully saturated rings. The normalized spacial score (nSPS) is 9.17. The Kier molecular flexibility index (Phi) is 43.3. The number of aliphatic carboxylic acids is 6. The first-order valence-corrected chi connectivity index (χ1v) is 8.88. The Morgan fingerprint density at radius 1 is 0.472 bits per heavy atom. The van der Waals surface area contributed by atoms with Crippen LogP contribution in [0.1, 0.15) is 0 Å². The standard InChI is InChI=1S/2C8H14N2O6.3Ca.H2O/c2*11-6(12)3-9-1-2-10(4-7(13)14)5-8(15)16;;;;/h2*9H,1-5H2,(H,11,12)(H,13,14)(H,15,16);;;;1H2/q;;3*+2;/p-6. The molecule has 0 saturated heterocycles. The Bertz CT molecular complexity index is 573. The number of carbonyl (C=O) groups is 6. The predicted molar refractivity (Wildman–Crippen MR) is 110 cm³/mol. The summed E-state index contributed by atoms with van der Waals surface area (Å²) in [5.41, 5.74) is 0. The Morgan fingerprint density at radius 3 is 0.861 bits per heavy atom. The Balaban J connectivity index is -0.000000112. The number of hydrogen-bond acceptors (Lipinski definition) is 16. The van der Waals surface area contributed by atoms with Crippen LogP contribution in [-0.4, -0.2) is 230 Å². The summed E-state index contributed by atoms with van der Waals surface area (Å²) in [5, 5.41) is 65.8. The van der Waals surface area contributed by atoms with Gasteiger partial charge in [-0.15, -0.1) is 0 Å². The minimum absolute atomic E-state index is 0. The number of carboxylic acid groups (broad SMARTS) is 6. The summed E-state index contributed by atoms with van der Waals surface area (Å²) in [6, 6.07) is 0. The van der Waals surface area contributed by atoms with Crippen LogP contribution in [0.5, 0.6) is 0 Å². The summed E-state index contributed by atoms with van der Waals surface area (Å²) in [7, 11) is 0. The molecule has 0 aliphatic heterocycles. The third kappa shape index (κ3) is 41.5. The summed E-state index contributed by atoms with van der Waals surface area (Å²) in [6.07, 6.45) is 0. The maximum Gasteiger partial charge on any atom is 2.00 e. The second-order valence-electron chi connectivity index (χ2n) is 6.01. The zero-order valence-electron chi connectivity index (χ0n) is 19.5. The molecule has 0 amide bonds. The van der Waals surface area contributed by atoms with Crippen LogP contribution in [0.25, 0.3) is 0 Å². The largest absolute Gasteiger partial charge is 2.00 e. The van der Waals surface area contributed by atoms with Gasteiger partial charge in [-0.25, -0.2) is 0 Å². The monoisotopic (exact) mass is 600 g/mol. The molecule has 0 unspecified atom stereocenters. The first kappa shape index (κ1) is 49.4. The van der Waals surface area contributed by atoms with Crippen LogP contribution in [0.4, 0.5) is 0 Å². The molecule has 0 bridgehead atoms. The van der Waals surface area contributed by atoms with Crippen molar-refractivity contribution >= 4 is 149 Å². The molecule has 0 spiro atoms. The number of nitrogens with one attached hydrogen (secondary N) is 2. The van der Waals surface area contributed by atoms with E-state index in [1.807, 2.05) is 0 Å². The number of hydrogen-bond donors (Lipinski definition) is 2. The molecule has 0 aromatic rings. The quantitative estimate of drug-likeness (QED) is 0.109. The van der Waals surface area contributed by atoms with Crippen LogP contribution in [0.2, 0.25) is 0 Å². The van der Waals surface area contributed by atoms with E-state index in [-0.39, 0.29) is 158 Å². The molecule has 0 saturated carbocycles. The molecule has 17 nitrogen and oxygen atoms in total. The van der Waals surface area contributed by atoms with E-state index in [0.29, 0.717) is 0 Å². The van der Waals surface area contributed by atoms with E-state index in [0.717, 1.165) is 9.80 Å². The van der Waals surface area contributed by atoms with E-state index in [2.05, 4.69) is 10.6 Å². The molecular formula is C16H24Ca3N4O13. The average Bonchev–Trinajstić information content (AvgIpc) is 2.60. The maximum absolute atomic E-state index is 10.2. The number of nitrogens with zero attached hydrogens (tertiary/aromatic N) is 2. The van der Waals surface area contributed by atoms with Crippen molar-refractivity contribution in [1.29, 1.82) is 0 Å². The SMILES string of the molecule is O.O=C([O-])CNCCN(CC(=O)[O-])CC(=O)[O-].O=C([O-])CNCCN(CC(=O)[O-])CC(=O)[O-].[Ca+2].[Ca+2].[Ca+2]. The van der Waals surface area contributed by atoms with Gasteiger partial charge in [0.1, 0.15) is 0 Å². The van der Waals surface area contributed by atoms with Crippen molar-refractivity contribution < 1.29 is 64.9 Å². The van der Waals surface area contributed by atoms with Gasteiger partial charge in [0.25, 0.3) is 0 Å². The van der Waals surface area contributed by atoms with Gasteiger partial charge in [0.2, 0.25) is 0 Å². The molecule has 4 N–H and O–H groups in total. The molecule has 0 rings (SSSR count). The second-order valence-corrected chi connectivity index (χ2v) is 6.01. The van der Waals surface area contributed by atoms with E-state index < -0.39 is 62.0 Å². The second kappa shape index (κ2) is 31.6. The molecular weight excluding hydrogens is 576 g/mol. The zero-order chi connectivity index (χ0) is 25.1. The molecule has 0 aromatic heterocycles. The van der Waals surface area contributed by atoms with Crippen LogP contribution >= 0.6 is 0 Å². The third-order valence-corrected chi connectivity index (χ3v) is 3.16. The fraction of sp³-hybridized carbons (Fsp3) is 0.625. The molecule has 0 aromatic carbocycles. The van der Waals surface area contributed by atoms with Crippen LogP contribution in [0, 0.1) is 0 Å². The van der Waals surface area contributed by atoms with Crippen LogP contribution in [-0.2, 0) is 28.8 Å². The van der Waals surface area contributed by atoms with Gasteiger partial charge >= 0.3 is 113 Å². The van der Waals surface area contributed by atoms with E-state index >= 15 is 0 Å². The molecule has 192 valence electrons. The van der Waals surface area contributed by atoms with Gasteiger partial charge in [0.15, 0.2) is 0 Å². The van der Waals surface area contributed by atoms with Crippen LogP contribution < -0.4 is 41.3 Å². The van der Waals surface area contributed by atoms with Crippen molar-refractivity contribution in [1.82, 2.24) is 20.4 Å². The fourth-order valence-corrected chi connectivity index (χ4v) is 2.01. The van der Waals surface area contributed by atoms with Crippen molar-refractivity contribution in [2.24, 2.45) is 0 Å². The minimum atomic E-state index is -1.42. The van der Waals surface area contributed by atoms with Crippen molar-refractivity contribution in [3.05, 3.63) is 0 Å². The van der Waals surface area contributed by atoms with Gasteiger partial charge in [-0.2, -0.15) is 0 Å². The van der Waals surface area contributed by atoms with Crippen molar-refractivity contribution in [3.63, 3.8) is 0 Å². The van der Waals surface area contributed by atoms with Gasteiger partial charge < -0.3 is 75.5 Å². The molecule has 0 radical (unpaired) electrons. The Labute approximate surface area is 295 Å². The topological polar surface area (TPSA) is 303 Å². The first-order chi connectivity index (χ1) is 14.8. The number of rotatable bonds is 18. The third-order valence-electron chi connectivity index (χ3n) is 3.16. The predicted octanol–water partition coefficient (Wildman–Crippen LogP) is -13.7. The average molecular weight is 601 g/mol. The summed E-state index contributed by atoms with van der Waals surface area (Å²) in [4.78, 5) is 63.1. The smallest absolute Gasteiger partial charge is 0.549 e. The van der Waals surface area contributed by atoms with Crippen molar-refractivity contribution in [3.8, 4) is 0 Å². The van der Waals surface area contributed by atoms with Gasteiger partial charge in [-0.3, -0.25) is 9.80 Å².